The Balaban J connectivity index is 1.65. The second kappa shape index (κ2) is 7.10. The summed E-state index contributed by atoms with van der Waals surface area (Å²) in [6, 6.07) is 3.20. The fourth-order valence-electron chi connectivity index (χ4n) is 3.06. The van der Waals surface area contributed by atoms with Gasteiger partial charge in [-0.2, -0.15) is 13.2 Å². The van der Waals surface area contributed by atoms with Crippen molar-refractivity contribution in [3.63, 3.8) is 0 Å². The number of hydrogen-bond acceptors (Lipinski definition) is 5. The monoisotopic (exact) mass is 413 g/mol. The molecule has 0 saturated carbocycles. The Morgan fingerprint density at radius 2 is 1.82 bits per heavy atom. The number of nitrogens with one attached hydrogen (secondary N) is 2. The van der Waals surface area contributed by atoms with Crippen LogP contribution in [0.3, 0.4) is 0 Å². The first-order chi connectivity index (χ1) is 13.3. The SMILES string of the molecule is O=c1cc(N2CCOCC2)nc(Cc2nc3c(Cl)cc(C(F)(F)F)cc3[nH]2)[nH]1. The van der Waals surface area contributed by atoms with Crippen molar-refractivity contribution in [1.82, 2.24) is 19.9 Å². The van der Waals surface area contributed by atoms with E-state index in [1.54, 1.807) is 0 Å². The Kier molecular flexibility index (Phi) is 4.76. The van der Waals surface area contributed by atoms with Crippen molar-refractivity contribution in [2.45, 2.75) is 12.6 Å². The van der Waals surface area contributed by atoms with E-state index in [1.165, 1.54) is 6.07 Å². The molecular formula is C17H15ClF3N5O2. The van der Waals surface area contributed by atoms with Gasteiger partial charge < -0.3 is 19.6 Å². The molecule has 7 nitrogen and oxygen atoms in total. The fraction of sp³-hybridized carbons (Fsp3) is 0.353. The predicted molar refractivity (Wildman–Crippen MR) is 96.8 cm³/mol. The van der Waals surface area contributed by atoms with Gasteiger partial charge in [0.25, 0.3) is 5.56 Å². The van der Waals surface area contributed by atoms with Gasteiger partial charge in [-0.1, -0.05) is 11.6 Å². The molecule has 0 amide bonds. The summed E-state index contributed by atoms with van der Waals surface area (Å²) in [5.74, 6) is 1.22. The molecule has 1 aromatic carbocycles. The maximum atomic E-state index is 13.0. The van der Waals surface area contributed by atoms with E-state index in [4.69, 9.17) is 16.3 Å². The van der Waals surface area contributed by atoms with Crippen LogP contribution in [0, 0.1) is 0 Å². The molecule has 1 aliphatic heterocycles. The van der Waals surface area contributed by atoms with E-state index in [0.29, 0.717) is 43.8 Å². The maximum absolute atomic E-state index is 13.0. The number of anilines is 1. The molecule has 1 saturated heterocycles. The van der Waals surface area contributed by atoms with Crippen LogP contribution in [0.15, 0.2) is 23.0 Å². The van der Waals surface area contributed by atoms with Crippen molar-refractivity contribution in [3.8, 4) is 0 Å². The molecule has 2 aromatic heterocycles. The number of alkyl halides is 3. The average Bonchev–Trinajstić information content (AvgIpc) is 3.04. The summed E-state index contributed by atoms with van der Waals surface area (Å²) in [5.41, 5.74) is -0.779. The third-order valence-electron chi connectivity index (χ3n) is 4.36. The van der Waals surface area contributed by atoms with E-state index in [1.807, 2.05) is 4.90 Å². The highest BCUT2D eigenvalue weighted by Gasteiger charge is 2.31. The van der Waals surface area contributed by atoms with Crippen LogP contribution in [0.2, 0.25) is 5.02 Å². The van der Waals surface area contributed by atoms with Crippen molar-refractivity contribution in [2.75, 3.05) is 31.2 Å². The highest BCUT2D eigenvalue weighted by Crippen LogP contribution is 2.34. The van der Waals surface area contributed by atoms with Crippen LogP contribution < -0.4 is 10.5 Å². The molecule has 148 valence electrons. The van der Waals surface area contributed by atoms with E-state index >= 15 is 0 Å². The van der Waals surface area contributed by atoms with Crippen LogP contribution in [0.1, 0.15) is 17.2 Å². The third-order valence-corrected chi connectivity index (χ3v) is 4.65. The first kappa shape index (κ1) is 18.8. The van der Waals surface area contributed by atoms with Gasteiger partial charge in [0.1, 0.15) is 23.0 Å². The molecule has 1 aliphatic rings. The second-order valence-electron chi connectivity index (χ2n) is 6.36. The Morgan fingerprint density at radius 3 is 2.54 bits per heavy atom. The highest BCUT2D eigenvalue weighted by molar-refractivity contribution is 6.35. The molecule has 3 aromatic rings. The van der Waals surface area contributed by atoms with Gasteiger partial charge in [0, 0.05) is 19.2 Å². The maximum Gasteiger partial charge on any atom is 0.416 e. The van der Waals surface area contributed by atoms with Crippen LogP contribution in [0.4, 0.5) is 19.0 Å². The molecule has 0 bridgehead atoms. The van der Waals surface area contributed by atoms with Crippen molar-refractivity contribution in [1.29, 1.82) is 0 Å². The van der Waals surface area contributed by atoms with E-state index in [2.05, 4.69) is 19.9 Å². The topological polar surface area (TPSA) is 86.9 Å². The van der Waals surface area contributed by atoms with Crippen LogP contribution >= 0.6 is 11.6 Å². The zero-order chi connectivity index (χ0) is 19.9. The molecule has 0 radical (unpaired) electrons. The number of aromatic nitrogens is 4. The lowest BCUT2D eigenvalue weighted by atomic mass is 10.2. The fourth-order valence-corrected chi connectivity index (χ4v) is 3.33. The molecule has 4 rings (SSSR count). The highest BCUT2D eigenvalue weighted by atomic mass is 35.5. The van der Waals surface area contributed by atoms with Crippen molar-refractivity contribution in [3.05, 3.63) is 50.8 Å². The smallest absolute Gasteiger partial charge is 0.378 e. The van der Waals surface area contributed by atoms with Gasteiger partial charge in [-0.25, -0.2) is 9.97 Å². The normalized spacial score (nSPS) is 15.4. The molecule has 11 heteroatoms. The Morgan fingerprint density at radius 1 is 1.11 bits per heavy atom. The molecule has 0 atom stereocenters. The number of H-pyrrole nitrogens is 2. The summed E-state index contributed by atoms with van der Waals surface area (Å²) in [6.07, 6.45) is -4.40. The molecule has 2 N–H and O–H groups in total. The first-order valence-corrected chi connectivity index (χ1v) is 8.86. The summed E-state index contributed by atoms with van der Waals surface area (Å²) in [6.45, 7) is 2.34. The van der Waals surface area contributed by atoms with Crippen molar-refractivity contribution in [2.24, 2.45) is 0 Å². The number of benzene rings is 1. The summed E-state index contributed by atoms with van der Waals surface area (Å²) in [4.78, 5) is 28.1. The molecule has 0 aliphatic carbocycles. The largest absolute Gasteiger partial charge is 0.416 e. The standard InChI is InChI=1S/C17H15ClF3N5O2/c18-10-5-9(17(19,20)21)6-11-16(10)25-12(22-11)7-13-23-14(8-15(27)24-13)26-1-3-28-4-2-26/h5-6,8H,1-4,7H2,(H,22,25)(H,23,24,27). The molecule has 0 unspecified atom stereocenters. The van der Waals surface area contributed by atoms with Crippen LogP contribution in [0.5, 0.6) is 0 Å². The van der Waals surface area contributed by atoms with Crippen LogP contribution in [-0.4, -0.2) is 46.2 Å². The number of nitrogens with zero attached hydrogens (tertiary/aromatic N) is 3. The molecule has 1 fully saturated rings. The van der Waals surface area contributed by atoms with Gasteiger partial charge in [-0.05, 0) is 12.1 Å². The number of halogens is 4. The third kappa shape index (κ3) is 3.83. The lowest BCUT2D eigenvalue weighted by Gasteiger charge is -2.27. The van der Waals surface area contributed by atoms with E-state index in [-0.39, 0.29) is 28.0 Å². The molecule has 28 heavy (non-hydrogen) atoms. The number of imidazole rings is 1. The Labute approximate surface area is 161 Å². The first-order valence-electron chi connectivity index (χ1n) is 8.48. The zero-order valence-electron chi connectivity index (χ0n) is 14.4. The molecule has 3 heterocycles. The van der Waals surface area contributed by atoms with Gasteiger partial charge in [0.15, 0.2) is 0 Å². The quantitative estimate of drug-likeness (QED) is 0.689. The zero-order valence-corrected chi connectivity index (χ0v) is 15.2. The minimum atomic E-state index is -4.51. The van der Waals surface area contributed by atoms with Crippen LogP contribution in [-0.2, 0) is 17.3 Å². The second-order valence-corrected chi connectivity index (χ2v) is 6.77. The minimum Gasteiger partial charge on any atom is -0.378 e. The van der Waals surface area contributed by atoms with Crippen molar-refractivity contribution >= 4 is 28.5 Å². The van der Waals surface area contributed by atoms with Gasteiger partial charge in [-0.3, -0.25) is 4.79 Å². The number of aromatic amines is 2. The summed E-state index contributed by atoms with van der Waals surface area (Å²) in [7, 11) is 0. The molecular weight excluding hydrogens is 399 g/mol. The van der Waals surface area contributed by atoms with E-state index < -0.39 is 11.7 Å². The summed E-state index contributed by atoms with van der Waals surface area (Å²) >= 11 is 5.96. The number of ether oxygens (including phenoxy) is 1. The Bertz CT molecular complexity index is 1070. The summed E-state index contributed by atoms with van der Waals surface area (Å²) < 4.78 is 44.2. The summed E-state index contributed by atoms with van der Waals surface area (Å²) in [5, 5.41) is -0.101. The lowest BCUT2D eigenvalue weighted by molar-refractivity contribution is -0.137. The number of morpholine rings is 1. The van der Waals surface area contributed by atoms with Gasteiger partial charge in [0.05, 0.1) is 35.7 Å². The number of hydrogen-bond donors (Lipinski definition) is 2. The average molecular weight is 414 g/mol. The Hall–Kier alpha value is -2.59. The number of rotatable bonds is 3. The number of fused-ring (bicyclic) bond motifs is 1. The van der Waals surface area contributed by atoms with Gasteiger partial charge in [-0.15, -0.1) is 0 Å². The minimum absolute atomic E-state index is 0.101. The van der Waals surface area contributed by atoms with Crippen LogP contribution in [0.25, 0.3) is 11.0 Å². The van der Waals surface area contributed by atoms with E-state index in [0.717, 1.165) is 12.1 Å². The lowest BCUT2D eigenvalue weighted by Crippen LogP contribution is -2.37. The molecule has 0 spiro atoms. The van der Waals surface area contributed by atoms with E-state index in [9.17, 15) is 18.0 Å². The predicted octanol–water partition coefficient (Wildman–Crippen LogP) is 2.75. The van der Waals surface area contributed by atoms with Gasteiger partial charge in [0.2, 0.25) is 0 Å². The van der Waals surface area contributed by atoms with Crippen molar-refractivity contribution < 1.29 is 17.9 Å². The van der Waals surface area contributed by atoms with Gasteiger partial charge >= 0.3 is 6.18 Å².